The van der Waals surface area contributed by atoms with E-state index in [1.165, 1.54) is 0 Å². The molecule has 0 aliphatic heterocycles. The van der Waals surface area contributed by atoms with Crippen molar-refractivity contribution in [2.24, 2.45) is 7.05 Å². The number of rotatable bonds is 3. The molecule has 1 aromatic heterocycles. The standard InChI is InChI=1S/C7H11ClN2O/c1-10-7(3-2-4-11)6(8)5-9-10/h5,11H,2-4H2,1H3. The highest BCUT2D eigenvalue weighted by Crippen LogP contribution is 2.15. The van der Waals surface area contributed by atoms with Crippen LogP contribution in [0.3, 0.4) is 0 Å². The fraction of sp³-hybridized carbons (Fsp3) is 0.571. The normalized spacial score (nSPS) is 10.5. The zero-order valence-electron chi connectivity index (χ0n) is 6.42. The fourth-order valence-electron chi connectivity index (χ4n) is 0.964. The van der Waals surface area contributed by atoms with E-state index in [0.717, 1.165) is 18.5 Å². The zero-order chi connectivity index (χ0) is 8.27. The van der Waals surface area contributed by atoms with Gasteiger partial charge in [0.05, 0.1) is 16.9 Å². The van der Waals surface area contributed by atoms with E-state index < -0.39 is 0 Å². The van der Waals surface area contributed by atoms with Gasteiger partial charge in [0.25, 0.3) is 0 Å². The lowest BCUT2D eigenvalue weighted by Gasteiger charge is -1.99. The van der Waals surface area contributed by atoms with E-state index in [0.29, 0.717) is 5.02 Å². The molecule has 0 unspecified atom stereocenters. The molecule has 0 saturated heterocycles. The molecule has 3 nitrogen and oxygen atoms in total. The summed E-state index contributed by atoms with van der Waals surface area (Å²) in [4.78, 5) is 0. The van der Waals surface area contributed by atoms with Crippen molar-refractivity contribution in [3.8, 4) is 0 Å². The van der Waals surface area contributed by atoms with Crippen LogP contribution in [0, 0.1) is 0 Å². The molecule has 11 heavy (non-hydrogen) atoms. The Hall–Kier alpha value is -0.540. The van der Waals surface area contributed by atoms with Gasteiger partial charge >= 0.3 is 0 Å². The molecule has 4 heteroatoms. The first-order valence-corrected chi connectivity index (χ1v) is 3.90. The van der Waals surface area contributed by atoms with Gasteiger partial charge in [-0.2, -0.15) is 5.10 Å². The van der Waals surface area contributed by atoms with E-state index in [2.05, 4.69) is 5.10 Å². The van der Waals surface area contributed by atoms with Crippen LogP contribution in [0.2, 0.25) is 5.02 Å². The third kappa shape index (κ3) is 1.94. The van der Waals surface area contributed by atoms with Crippen molar-refractivity contribution in [2.75, 3.05) is 6.61 Å². The molecule has 1 rings (SSSR count). The first kappa shape index (κ1) is 8.56. The minimum atomic E-state index is 0.196. The second-order valence-electron chi connectivity index (χ2n) is 2.39. The van der Waals surface area contributed by atoms with Gasteiger partial charge in [-0.1, -0.05) is 11.6 Å². The maximum absolute atomic E-state index is 8.57. The lowest BCUT2D eigenvalue weighted by molar-refractivity contribution is 0.287. The van der Waals surface area contributed by atoms with Gasteiger partial charge in [0.2, 0.25) is 0 Å². The van der Waals surface area contributed by atoms with E-state index in [-0.39, 0.29) is 6.61 Å². The maximum atomic E-state index is 8.57. The lowest BCUT2D eigenvalue weighted by Crippen LogP contribution is -1.99. The summed E-state index contributed by atoms with van der Waals surface area (Å²) >= 11 is 5.82. The molecule has 0 aliphatic carbocycles. The molecule has 0 saturated carbocycles. The molecule has 1 heterocycles. The second-order valence-corrected chi connectivity index (χ2v) is 2.80. The SMILES string of the molecule is Cn1ncc(Cl)c1CCCO. The third-order valence-corrected chi connectivity index (χ3v) is 1.90. The van der Waals surface area contributed by atoms with Crippen LogP contribution in [0.4, 0.5) is 0 Å². The van der Waals surface area contributed by atoms with Crippen LogP contribution in [-0.2, 0) is 13.5 Å². The minimum Gasteiger partial charge on any atom is -0.396 e. The van der Waals surface area contributed by atoms with Crippen molar-refractivity contribution in [3.63, 3.8) is 0 Å². The molecule has 0 fully saturated rings. The van der Waals surface area contributed by atoms with Crippen LogP contribution in [0.1, 0.15) is 12.1 Å². The average molecular weight is 175 g/mol. The van der Waals surface area contributed by atoms with Crippen molar-refractivity contribution in [2.45, 2.75) is 12.8 Å². The molecule has 0 aliphatic rings. The highest BCUT2D eigenvalue weighted by atomic mass is 35.5. The third-order valence-electron chi connectivity index (χ3n) is 1.58. The van der Waals surface area contributed by atoms with Gasteiger partial charge in [0.15, 0.2) is 0 Å². The Morgan fingerprint density at radius 1 is 1.73 bits per heavy atom. The van der Waals surface area contributed by atoms with Gasteiger partial charge in [-0.3, -0.25) is 4.68 Å². The average Bonchev–Trinajstić information content (AvgIpc) is 2.29. The van der Waals surface area contributed by atoms with Crippen LogP contribution < -0.4 is 0 Å². The minimum absolute atomic E-state index is 0.196. The van der Waals surface area contributed by atoms with Crippen molar-refractivity contribution in [3.05, 3.63) is 16.9 Å². The summed E-state index contributed by atoms with van der Waals surface area (Å²) in [5, 5.41) is 13.2. The van der Waals surface area contributed by atoms with Crippen molar-refractivity contribution in [1.82, 2.24) is 9.78 Å². The number of hydrogen-bond donors (Lipinski definition) is 1. The number of aliphatic hydroxyl groups is 1. The summed E-state index contributed by atoms with van der Waals surface area (Å²) in [5.74, 6) is 0. The van der Waals surface area contributed by atoms with Crippen LogP contribution in [0.15, 0.2) is 6.20 Å². The summed E-state index contributed by atoms with van der Waals surface area (Å²) < 4.78 is 1.73. The lowest BCUT2D eigenvalue weighted by atomic mass is 10.2. The van der Waals surface area contributed by atoms with Crippen molar-refractivity contribution < 1.29 is 5.11 Å². The molecule has 0 aromatic carbocycles. The predicted molar refractivity (Wildman–Crippen MR) is 43.6 cm³/mol. The van der Waals surface area contributed by atoms with Gasteiger partial charge < -0.3 is 5.11 Å². The Balaban J connectivity index is 2.67. The summed E-state index contributed by atoms with van der Waals surface area (Å²) in [5.41, 5.74) is 0.987. The predicted octanol–water partition coefficient (Wildman–Crippen LogP) is 0.998. The summed E-state index contributed by atoms with van der Waals surface area (Å²) in [6.45, 7) is 0.196. The van der Waals surface area contributed by atoms with Crippen LogP contribution >= 0.6 is 11.6 Å². The molecular weight excluding hydrogens is 164 g/mol. The monoisotopic (exact) mass is 174 g/mol. The molecule has 1 aromatic rings. The highest BCUT2D eigenvalue weighted by molar-refractivity contribution is 6.31. The number of aliphatic hydroxyl groups excluding tert-OH is 1. The van der Waals surface area contributed by atoms with Gasteiger partial charge in [0.1, 0.15) is 0 Å². The molecule has 0 spiro atoms. The largest absolute Gasteiger partial charge is 0.396 e. The van der Waals surface area contributed by atoms with Crippen molar-refractivity contribution >= 4 is 11.6 Å². The maximum Gasteiger partial charge on any atom is 0.0817 e. The second kappa shape index (κ2) is 3.74. The summed E-state index contributed by atoms with van der Waals surface area (Å²) in [6, 6.07) is 0. The summed E-state index contributed by atoms with van der Waals surface area (Å²) in [7, 11) is 1.85. The Kier molecular flexibility index (Phi) is 2.91. The van der Waals surface area contributed by atoms with Gasteiger partial charge in [0, 0.05) is 13.7 Å². The van der Waals surface area contributed by atoms with Gasteiger partial charge in [-0.05, 0) is 12.8 Å². The molecular formula is C7H11ClN2O. The number of halogens is 1. The topological polar surface area (TPSA) is 38.0 Å². The molecule has 1 N–H and O–H groups in total. The van der Waals surface area contributed by atoms with Crippen LogP contribution in [0.25, 0.3) is 0 Å². The van der Waals surface area contributed by atoms with Crippen LogP contribution in [0.5, 0.6) is 0 Å². The molecule has 62 valence electrons. The molecule has 0 amide bonds. The number of aryl methyl sites for hydroxylation is 1. The Morgan fingerprint density at radius 3 is 2.91 bits per heavy atom. The van der Waals surface area contributed by atoms with Gasteiger partial charge in [-0.25, -0.2) is 0 Å². The summed E-state index contributed by atoms with van der Waals surface area (Å²) in [6.07, 6.45) is 3.14. The Morgan fingerprint density at radius 2 is 2.45 bits per heavy atom. The Labute approximate surface area is 70.6 Å². The number of aromatic nitrogens is 2. The van der Waals surface area contributed by atoms with E-state index >= 15 is 0 Å². The first-order chi connectivity index (χ1) is 5.25. The van der Waals surface area contributed by atoms with E-state index in [1.54, 1.807) is 10.9 Å². The zero-order valence-corrected chi connectivity index (χ0v) is 7.17. The van der Waals surface area contributed by atoms with E-state index in [1.807, 2.05) is 7.05 Å². The van der Waals surface area contributed by atoms with Crippen molar-refractivity contribution in [1.29, 1.82) is 0 Å². The quantitative estimate of drug-likeness (QED) is 0.743. The van der Waals surface area contributed by atoms with Gasteiger partial charge in [-0.15, -0.1) is 0 Å². The molecule has 0 radical (unpaired) electrons. The fourth-order valence-corrected chi connectivity index (χ4v) is 1.22. The molecule has 0 atom stereocenters. The van der Waals surface area contributed by atoms with E-state index in [4.69, 9.17) is 16.7 Å². The van der Waals surface area contributed by atoms with E-state index in [9.17, 15) is 0 Å². The Bertz CT molecular complexity index is 215. The number of nitrogens with zero attached hydrogens (tertiary/aromatic N) is 2. The number of hydrogen-bond acceptors (Lipinski definition) is 2. The first-order valence-electron chi connectivity index (χ1n) is 3.53. The molecule has 0 bridgehead atoms. The van der Waals surface area contributed by atoms with Crippen LogP contribution in [-0.4, -0.2) is 21.5 Å². The smallest absolute Gasteiger partial charge is 0.0817 e. The highest BCUT2D eigenvalue weighted by Gasteiger charge is 2.04.